The van der Waals surface area contributed by atoms with Crippen molar-refractivity contribution >= 4 is 5.91 Å². The predicted octanol–water partition coefficient (Wildman–Crippen LogP) is 3.30. The summed E-state index contributed by atoms with van der Waals surface area (Å²) >= 11 is 0. The Kier molecular flexibility index (Phi) is 5.80. The van der Waals surface area contributed by atoms with Crippen molar-refractivity contribution in [2.24, 2.45) is 0 Å². The molecule has 1 aromatic carbocycles. The van der Waals surface area contributed by atoms with E-state index in [0.29, 0.717) is 0 Å². The smallest absolute Gasteiger partial charge is 0.231 e. The van der Waals surface area contributed by atoms with Gasteiger partial charge in [-0.3, -0.25) is 4.79 Å². The molecule has 0 aromatic heterocycles. The number of carbonyl (C=O) groups is 1. The van der Waals surface area contributed by atoms with Crippen LogP contribution in [0.25, 0.3) is 0 Å². The molecule has 3 nitrogen and oxygen atoms in total. The van der Waals surface area contributed by atoms with Crippen LogP contribution in [0, 0.1) is 0 Å². The largest absolute Gasteiger partial charge is 0.340 e. The Balaban J connectivity index is 2.14. The lowest BCUT2D eigenvalue weighted by molar-refractivity contribution is -0.134. The molecule has 0 aliphatic carbocycles. The van der Waals surface area contributed by atoms with Gasteiger partial charge in [0, 0.05) is 25.7 Å². The SMILES string of the molecule is CCCCCN(C(=O)C1CNCc2ccccc21)C(C)C. The van der Waals surface area contributed by atoms with Crippen molar-refractivity contribution in [2.75, 3.05) is 13.1 Å². The number of benzene rings is 1. The van der Waals surface area contributed by atoms with Gasteiger partial charge in [-0.2, -0.15) is 0 Å². The van der Waals surface area contributed by atoms with Crippen LogP contribution in [0.15, 0.2) is 24.3 Å². The second kappa shape index (κ2) is 7.60. The van der Waals surface area contributed by atoms with E-state index in [9.17, 15) is 4.79 Å². The molecule has 1 aliphatic heterocycles. The van der Waals surface area contributed by atoms with Gasteiger partial charge in [-0.15, -0.1) is 0 Å². The van der Waals surface area contributed by atoms with Gasteiger partial charge in [-0.05, 0) is 31.4 Å². The van der Waals surface area contributed by atoms with Gasteiger partial charge in [-0.25, -0.2) is 0 Å². The first-order chi connectivity index (χ1) is 10.1. The van der Waals surface area contributed by atoms with E-state index in [1.807, 2.05) is 6.07 Å². The molecule has 0 bridgehead atoms. The molecule has 0 saturated heterocycles. The van der Waals surface area contributed by atoms with Gasteiger partial charge >= 0.3 is 0 Å². The van der Waals surface area contributed by atoms with Crippen LogP contribution in [-0.4, -0.2) is 29.9 Å². The maximum Gasteiger partial charge on any atom is 0.231 e. The first-order valence-electron chi connectivity index (χ1n) is 8.24. The third-order valence-electron chi connectivity index (χ3n) is 4.30. The summed E-state index contributed by atoms with van der Waals surface area (Å²) in [5, 5.41) is 3.39. The highest BCUT2D eigenvalue weighted by molar-refractivity contribution is 5.85. The zero-order chi connectivity index (χ0) is 15.2. The molecule has 1 amide bonds. The van der Waals surface area contributed by atoms with Gasteiger partial charge in [0.2, 0.25) is 5.91 Å². The molecule has 116 valence electrons. The number of nitrogens with one attached hydrogen (secondary N) is 1. The Morgan fingerprint density at radius 2 is 2.10 bits per heavy atom. The van der Waals surface area contributed by atoms with Crippen molar-refractivity contribution in [3.63, 3.8) is 0 Å². The van der Waals surface area contributed by atoms with Crippen LogP contribution in [0.1, 0.15) is 57.1 Å². The Bertz CT molecular complexity index is 470. The summed E-state index contributed by atoms with van der Waals surface area (Å²) in [6.45, 7) is 8.94. The van der Waals surface area contributed by atoms with Crippen molar-refractivity contribution in [2.45, 2.75) is 58.5 Å². The average Bonchev–Trinajstić information content (AvgIpc) is 2.50. The molecule has 1 aliphatic rings. The Morgan fingerprint density at radius 1 is 1.33 bits per heavy atom. The monoisotopic (exact) mass is 288 g/mol. The molecular formula is C18H28N2O. The topological polar surface area (TPSA) is 32.3 Å². The lowest BCUT2D eigenvalue weighted by Gasteiger charge is -2.33. The molecular weight excluding hydrogens is 260 g/mol. The van der Waals surface area contributed by atoms with Crippen LogP contribution >= 0.6 is 0 Å². The number of nitrogens with zero attached hydrogens (tertiary/aromatic N) is 1. The Hall–Kier alpha value is -1.35. The normalized spacial score (nSPS) is 17.6. The minimum absolute atomic E-state index is 0.0287. The van der Waals surface area contributed by atoms with E-state index in [4.69, 9.17) is 0 Å². The fourth-order valence-corrected chi connectivity index (χ4v) is 3.07. The average molecular weight is 288 g/mol. The lowest BCUT2D eigenvalue weighted by Crippen LogP contribution is -2.45. The summed E-state index contributed by atoms with van der Waals surface area (Å²) in [5.41, 5.74) is 2.47. The maximum atomic E-state index is 13.0. The molecule has 1 atom stereocenters. The summed E-state index contributed by atoms with van der Waals surface area (Å²) < 4.78 is 0. The van der Waals surface area contributed by atoms with E-state index >= 15 is 0 Å². The lowest BCUT2D eigenvalue weighted by atomic mass is 9.89. The molecule has 0 radical (unpaired) electrons. The zero-order valence-corrected chi connectivity index (χ0v) is 13.6. The Morgan fingerprint density at radius 3 is 2.81 bits per heavy atom. The first kappa shape index (κ1) is 16.0. The van der Waals surface area contributed by atoms with Crippen molar-refractivity contribution in [3.8, 4) is 0 Å². The molecule has 0 saturated carbocycles. The number of fused-ring (bicyclic) bond motifs is 1. The molecule has 0 spiro atoms. The summed E-state index contributed by atoms with van der Waals surface area (Å²) in [7, 11) is 0. The Labute approximate surface area is 128 Å². The number of rotatable bonds is 6. The standard InChI is InChI=1S/C18H28N2O/c1-4-5-8-11-20(14(2)3)18(21)17-13-19-12-15-9-6-7-10-16(15)17/h6-7,9-10,14,17,19H,4-5,8,11-13H2,1-3H3. The molecule has 0 fully saturated rings. The van der Waals surface area contributed by atoms with E-state index < -0.39 is 0 Å². The molecule has 1 unspecified atom stereocenters. The molecule has 21 heavy (non-hydrogen) atoms. The minimum Gasteiger partial charge on any atom is -0.340 e. The third-order valence-corrected chi connectivity index (χ3v) is 4.30. The van der Waals surface area contributed by atoms with Crippen molar-refractivity contribution in [1.29, 1.82) is 0 Å². The third kappa shape index (κ3) is 3.85. The van der Waals surface area contributed by atoms with Crippen LogP contribution < -0.4 is 5.32 Å². The van der Waals surface area contributed by atoms with E-state index in [-0.39, 0.29) is 17.9 Å². The molecule has 2 rings (SSSR count). The van der Waals surface area contributed by atoms with Crippen LogP contribution in [0.5, 0.6) is 0 Å². The quantitative estimate of drug-likeness (QED) is 0.815. The van der Waals surface area contributed by atoms with E-state index in [0.717, 1.165) is 26.1 Å². The number of unbranched alkanes of at least 4 members (excludes halogenated alkanes) is 2. The number of hydrogen-bond acceptors (Lipinski definition) is 2. The van der Waals surface area contributed by atoms with Crippen LogP contribution in [0.2, 0.25) is 0 Å². The number of carbonyl (C=O) groups excluding carboxylic acids is 1. The fraction of sp³-hybridized carbons (Fsp3) is 0.611. The summed E-state index contributed by atoms with van der Waals surface area (Å²) in [6, 6.07) is 8.60. The van der Waals surface area contributed by atoms with Crippen molar-refractivity contribution < 1.29 is 4.79 Å². The summed E-state index contributed by atoms with van der Waals surface area (Å²) in [4.78, 5) is 15.0. The van der Waals surface area contributed by atoms with E-state index in [1.165, 1.54) is 24.0 Å². The molecule has 3 heteroatoms. The molecule has 1 heterocycles. The van der Waals surface area contributed by atoms with Gasteiger partial charge < -0.3 is 10.2 Å². The van der Waals surface area contributed by atoms with Crippen molar-refractivity contribution in [3.05, 3.63) is 35.4 Å². The van der Waals surface area contributed by atoms with Gasteiger partial charge in [-0.1, -0.05) is 44.0 Å². The van der Waals surface area contributed by atoms with Gasteiger partial charge in [0.25, 0.3) is 0 Å². The second-order valence-electron chi connectivity index (χ2n) is 6.21. The van der Waals surface area contributed by atoms with Gasteiger partial charge in [0.15, 0.2) is 0 Å². The second-order valence-corrected chi connectivity index (χ2v) is 6.21. The van der Waals surface area contributed by atoms with E-state index in [1.54, 1.807) is 0 Å². The first-order valence-corrected chi connectivity index (χ1v) is 8.24. The highest BCUT2D eigenvalue weighted by Crippen LogP contribution is 2.26. The number of hydrogen-bond donors (Lipinski definition) is 1. The molecule has 1 N–H and O–H groups in total. The zero-order valence-electron chi connectivity index (χ0n) is 13.6. The summed E-state index contributed by atoms with van der Waals surface area (Å²) in [5.74, 6) is 0.250. The van der Waals surface area contributed by atoms with Crippen LogP contribution in [0.4, 0.5) is 0 Å². The minimum atomic E-state index is -0.0287. The highest BCUT2D eigenvalue weighted by Gasteiger charge is 2.30. The molecule has 1 aromatic rings. The maximum absolute atomic E-state index is 13.0. The van der Waals surface area contributed by atoms with E-state index in [2.05, 4.69) is 49.2 Å². The number of amides is 1. The predicted molar refractivity (Wildman–Crippen MR) is 87.3 cm³/mol. The fourth-order valence-electron chi connectivity index (χ4n) is 3.07. The van der Waals surface area contributed by atoms with Crippen molar-refractivity contribution in [1.82, 2.24) is 10.2 Å². The van der Waals surface area contributed by atoms with Gasteiger partial charge in [0.1, 0.15) is 0 Å². The highest BCUT2D eigenvalue weighted by atomic mass is 16.2. The van der Waals surface area contributed by atoms with Gasteiger partial charge in [0.05, 0.1) is 5.92 Å². The van der Waals surface area contributed by atoms with Crippen LogP contribution in [0.3, 0.4) is 0 Å². The summed E-state index contributed by atoms with van der Waals surface area (Å²) in [6.07, 6.45) is 3.48. The van der Waals surface area contributed by atoms with Crippen LogP contribution in [-0.2, 0) is 11.3 Å².